The van der Waals surface area contributed by atoms with Gasteiger partial charge in [0, 0.05) is 16.3 Å². The van der Waals surface area contributed by atoms with Gasteiger partial charge in [-0.25, -0.2) is 9.97 Å². The molecule has 1 N–H and O–H groups in total. The van der Waals surface area contributed by atoms with E-state index in [-0.39, 0.29) is 5.91 Å². The van der Waals surface area contributed by atoms with Crippen molar-refractivity contribution in [3.8, 4) is 0 Å². The van der Waals surface area contributed by atoms with Crippen LogP contribution in [0.1, 0.15) is 55.9 Å². The Kier molecular flexibility index (Phi) is 5.27. The minimum atomic E-state index is 0.139. The molecule has 6 heteroatoms. The number of hydrogen-bond donors (Lipinski definition) is 1. The van der Waals surface area contributed by atoms with Crippen molar-refractivity contribution < 1.29 is 4.79 Å². The van der Waals surface area contributed by atoms with Gasteiger partial charge in [0.1, 0.15) is 16.2 Å². The molecule has 0 unspecified atom stereocenters. The molecule has 0 aliphatic heterocycles. The Balaban J connectivity index is 1.42. The lowest BCUT2D eigenvalue weighted by atomic mass is 9.87. The Hall–Kier alpha value is -1.14. The lowest BCUT2D eigenvalue weighted by Gasteiger charge is -2.26. The number of thioether (sulfide) groups is 1. The molecule has 0 aromatic carbocycles. The van der Waals surface area contributed by atoms with Crippen LogP contribution >= 0.6 is 23.1 Å². The van der Waals surface area contributed by atoms with E-state index in [0.29, 0.717) is 11.8 Å². The molecule has 1 amide bonds. The average Bonchev–Trinajstić information content (AvgIpc) is 3.01. The van der Waals surface area contributed by atoms with Gasteiger partial charge >= 0.3 is 0 Å². The third-order valence-electron chi connectivity index (χ3n) is 5.44. The van der Waals surface area contributed by atoms with Crippen LogP contribution in [0.4, 0.5) is 0 Å². The highest BCUT2D eigenvalue weighted by atomic mass is 32.2. The van der Waals surface area contributed by atoms with E-state index in [9.17, 15) is 4.79 Å². The van der Waals surface area contributed by atoms with Crippen molar-refractivity contribution in [1.82, 2.24) is 15.3 Å². The molecule has 2 aromatic rings. The zero-order chi connectivity index (χ0) is 17.2. The number of thiophene rings is 1. The maximum atomic E-state index is 12.4. The largest absolute Gasteiger partial charge is 0.353 e. The second-order valence-electron chi connectivity index (χ2n) is 7.38. The molecule has 0 radical (unpaired) electrons. The van der Waals surface area contributed by atoms with Crippen molar-refractivity contribution in [3.63, 3.8) is 0 Å². The summed E-state index contributed by atoms with van der Waals surface area (Å²) in [5, 5.41) is 5.41. The third kappa shape index (κ3) is 3.85. The van der Waals surface area contributed by atoms with Crippen molar-refractivity contribution in [3.05, 3.63) is 16.8 Å². The van der Waals surface area contributed by atoms with E-state index in [1.54, 1.807) is 18.1 Å². The highest BCUT2D eigenvalue weighted by molar-refractivity contribution is 8.00. The summed E-state index contributed by atoms with van der Waals surface area (Å²) >= 11 is 3.38. The Morgan fingerprint density at radius 3 is 2.88 bits per heavy atom. The first-order valence-corrected chi connectivity index (χ1v) is 11.2. The third-order valence-corrected chi connectivity index (χ3v) is 7.63. The van der Waals surface area contributed by atoms with Gasteiger partial charge in [-0.1, -0.05) is 18.7 Å². The maximum absolute atomic E-state index is 12.4. The van der Waals surface area contributed by atoms with Crippen molar-refractivity contribution in [2.45, 2.75) is 69.4 Å². The molecule has 2 heterocycles. The van der Waals surface area contributed by atoms with E-state index in [4.69, 9.17) is 0 Å². The van der Waals surface area contributed by atoms with Crippen LogP contribution in [0.5, 0.6) is 0 Å². The zero-order valence-electron chi connectivity index (χ0n) is 14.7. The minimum absolute atomic E-state index is 0.139. The zero-order valence-corrected chi connectivity index (χ0v) is 16.3. The van der Waals surface area contributed by atoms with E-state index in [2.05, 4.69) is 22.2 Å². The topological polar surface area (TPSA) is 54.9 Å². The second kappa shape index (κ2) is 7.62. The summed E-state index contributed by atoms with van der Waals surface area (Å²) in [6, 6.07) is 0.364. The standard InChI is InChI=1S/C19H25N3OS2/c1-12-6-8-13(9-7-12)22-16(23)10-24-18-17-14-4-2-3-5-15(14)25-19(17)21-11-20-18/h11-13H,2-10H2,1H3,(H,22,23). The Morgan fingerprint density at radius 1 is 1.24 bits per heavy atom. The first kappa shape index (κ1) is 17.3. The van der Waals surface area contributed by atoms with Gasteiger partial charge in [-0.15, -0.1) is 11.3 Å². The van der Waals surface area contributed by atoms with E-state index < -0.39 is 0 Å². The summed E-state index contributed by atoms with van der Waals surface area (Å²) in [7, 11) is 0. The molecule has 1 saturated carbocycles. The molecular formula is C19H25N3OS2. The van der Waals surface area contributed by atoms with Crippen LogP contribution in [0.3, 0.4) is 0 Å². The van der Waals surface area contributed by atoms with Crippen LogP contribution in [-0.2, 0) is 17.6 Å². The monoisotopic (exact) mass is 375 g/mol. The fourth-order valence-corrected chi connectivity index (χ4v) is 6.11. The highest BCUT2D eigenvalue weighted by Gasteiger charge is 2.22. The van der Waals surface area contributed by atoms with Crippen molar-refractivity contribution in [2.75, 3.05) is 5.75 Å². The maximum Gasteiger partial charge on any atom is 0.230 e. The molecule has 25 heavy (non-hydrogen) atoms. The number of fused-ring (bicyclic) bond motifs is 3. The Morgan fingerprint density at radius 2 is 2.04 bits per heavy atom. The number of carbonyl (C=O) groups is 1. The first-order valence-electron chi connectivity index (χ1n) is 9.38. The molecule has 0 atom stereocenters. The van der Waals surface area contributed by atoms with Gasteiger partial charge in [0.2, 0.25) is 5.91 Å². The second-order valence-corrected chi connectivity index (χ2v) is 9.43. The number of aromatic nitrogens is 2. The highest BCUT2D eigenvalue weighted by Crippen LogP contribution is 2.39. The fourth-order valence-electron chi connectivity index (χ4n) is 3.98. The molecule has 4 rings (SSSR count). The molecule has 2 aromatic heterocycles. The fraction of sp³-hybridized carbons (Fsp3) is 0.632. The number of rotatable bonds is 4. The smallest absolute Gasteiger partial charge is 0.230 e. The molecule has 0 bridgehead atoms. The minimum Gasteiger partial charge on any atom is -0.353 e. The number of nitrogens with zero attached hydrogens (tertiary/aromatic N) is 2. The van der Waals surface area contributed by atoms with Gasteiger partial charge in [-0.05, 0) is 62.8 Å². The van der Waals surface area contributed by atoms with Crippen LogP contribution in [0.2, 0.25) is 0 Å². The predicted octanol–water partition coefficient (Wildman–Crippen LogP) is 4.36. The summed E-state index contributed by atoms with van der Waals surface area (Å²) in [5.41, 5.74) is 1.44. The summed E-state index contributed by atoms with van der Waals surface area (Å²) < 4.78 is 0. The van der Waals surface area contributed by atoms with Gasteiger partial charge in [-0.3, -0.25) is 4.79 Å². The number of nitrogens with one attached hydrogen (secondary N) is 1. The van der Waals surface area contributed by atoms with E-state index >= 15 is 0 Å². The SMILES string of the molecule is CC1CCC(NC(=O)CSc2ncnc3sc4c(c23)CCCC4)CC1. The number of carbonyl (C=O) groups excluding carboxylic acids is 1. The summed E-state index contributed by atoms with van der Waals surface area (Å²) in [5.74, 6) is 1.39. The first-order chi connectivity index (χ1) is 12.2. The lowest BCUT2D eigenvalue weighted by molar-refractivity contribution is -0.119. The van der Waals surface area contributed by atoms with Crippen LogP contribution in [-0.4, -0.2) is 27.7 Å². The number of hydrogen-bond acceptors (Lipinski definition) is 5. The summed E-state index contributed by atoms with van der Waals surface area (Å²) in [6.45, 7) is 2.30. The van der Waals surface area contributed by atoms with Gasteiger partial charge < -0.3 is 5.32 Å². The number of aryl methyl sites for hydroxylation is 2. The molecule has 0 saturated heterocycles. The molecule has 0 spiro atoms. The molecule has 2 aliphatic rings. The number of amides is 1. The van der Waals surface area contributed by atoms with Crippen LogP contribution in [0, 0.1) is 5.92 Å². The molecular weight excluding hydrogens is 350 g/mol. The quantitative estimate of drug-likeness (QED) is 0.637. The van der Waals surface area contributed by atoms with E-state index in [0.717, 1.165) is 35.0 Å². The van der Waals surface area contributed by atoms with Gasteiger partial charge in [0.15, 0.2) is 0 Å². The molecule has 134 valence electrons. The summed E-state index contributed by atoms with van der Waals surface area (Å²) in [4.78, 5) is 23.9. The van der Waals surface area contributed by atoms with Gasteiger partial charge in [0.05, 0.1) is 5.75 Å². The molecule has 2 aliphatic carbocycles. The van der Waals surface area contributed by atoms with Crippen LogP contribution in [0.15, 0.2) is 11.4 Å². The van der Waals surface area contributed by atoms with Crippen LogP contribution in [0.25, 0.3) is 10.2 Å². The van der Waals surface area contributed by atoms with Crippen LogP contribution < -0.4 is 5.32 Å². The van der Waals surface area contributed by atoms with E-state index in [1.165, 1.54) is 47.9 Å². The van der Waals surface area contributed by atoms with Gasteiger partial charge in [0.25, 0.3) is 0 Å². The average molecular weight is 376 g/mol. The van der Waals surface area contributed by atoms with Gasteiger partial charge in [-0.2, -0.15) is 0 Å². The Bertz CT molecular complexity index is 765. The lowest BCUT2D eigenvalue weighted by Crippen LogP contribution is -2.38. The van der Waals surface area contributed by atoms with E-state index in [1.807, 2.05) is 11.3 Å². The van der Waals surface area contributed by atoms with Crippen molar-refractivity contribution in [1.29, 1.82) is 0 Å². The van der Waals surface area contributed by atoms with Crippen molar-refractivity contribution in [2.24, 2.45) is 5.92 Å². The molecule has 1 fully saturated rings. The normalized spacial score (nSPS) is 23.4. The summed E-state index contributed by atoms with van der Waals surface area (Å²) in [6.07, 6.45) is 11.2. The predicted molar refractivity (Wildman–Crippen MR) is 104 cm³/mol. The van der Waals surface area contributed by atoms with Crippen molar-refractivity contribution >= 4 is 39.2 Å². The molecule has 4 nitrogen and oxygen atoms in total. The Labute approximate surface area is 157 Å².